The minimum Gasteiger partial charge on any atom is -0.340 e. The molecule has 2 fully saturated rings. The Balaban J connectivity index is 1.60. The smallest absolute Gasteiger partial charge is 0.243 e. The molecule has 0 N–H and O–H groups in total. The maximum atomic E-state index is 13.0. The van der Waals surface area contributed by atoms with Crippen LogP contribution in [-0.4, -0.2) is 81.3 Å². The molecule has 3 rings (SSSR count). The molecule has 1 aromatic rings. The van der Waals surface area contributed by atoms with Crippen LogP contribution in [0.1, 0.15) is 26.2 Å². The number of amides is 1. The van der Waals surface area contributed by atoms with Crippen molar-refractivity contribution in [2.24, 2.45) is 5.92 Å². The van der Waals surface area contributed by atoms with Gasteiger partial charge in [0.2, 0.25) is 26.0 Å². The average Bonchev–Trinajstić information content (AvgIpc) is 2.74. The second-order valence-corrected chi connectivity index (χ2v) is 12.2. The molecule has 1 unspecified atom stereocenters. The van der Waals surface area contributed by atoms with Crippen LogP contribution in [0.25, 0.3) is 0 Å². The van der Waals surface area contributed by atoms with Crippen LogP contribution in [0.2, 0.25) is 5.02 Å². The number of sulfonamides is 2. The third-order valence-electron chi connectivity index (χ3n) is 5.59. The van der Waals surface area contributed by atoms with Gasteiger partial charge < -0.3 is 4.90 Å². The topological polar surface area (TPSA) is 95.1 Å². The van der Waals surface area contributed by atoms with Gasteiger partial charge in [-0.2, -0.15) is 4.31 Å². The molecule has 1 aromatic carbocycles. The van der Waals surface area contributed by atoms with Crippen LogP contribution in [0.3, 0.4) is 0 Å². The Morgan fingerprint density at radius 3 is 2.23 bits per heavy atom. The molecule has 0 bridgehead atoms. The van der Waals surface area contributed by atoms with E-state index in [1.165, 1.54) is 32.9 Å². The SMILES string of the molecule is CCCS(=O)(=O)N1CCCC(C(=O)N2CCN(S(=O)(=O)c3ccc(Cl)cc3)CC2)C1. The summed E-state index contributed by atoms with van der Waals surface area (Å²) in [6, 6.07) is 6.02. The van der Waals surface area contributed by atoms with E-state index in [1.54, 1.807) is 4.90 Å². The summed E-state index contributed by atoms with van der Waals surface area (Å²) in [7, 11) is -6.96. The average molecular weight is 478 g/mol. The third kappa shape index (κ3) is 5.16. The number of benzene rings is 1. The summed E-state index contributed by atoms with van der Waals surface area (Å²) in [5.41, 5.74) is 0. The fourth-order valence-electron chi connectivity index (χ4n) is 3.95. The number of hydrogen-bond donors (Lipinski definition) is 0. The van der Waals surface area contributed by atoms with E-state index in [-0.39, 0.29) is 42.1 Å². The number of halogens is 1. The number of carbonyl (C=O) groups is 1. The summed E-state index contributed by atoms with van der Waals surface area (Å²) in [4.78, 5) is 14.8. The van der Waals surface area contributed by atoms with Crippen LogP contribution >= 0.6 is 11.6 Å². The van der Waals surface area contributed by atoms with Gasteiger partial charge in [0.15, 0.2) is 0 Å². The highest BCUT2D eigenvalue weighted by Gasteiger charge is 2.36. The normalized spacial score (nSPS) is 22.2. The molecule has 168 valence electrons. The molecule has 2 saturated heterocycles. The second-order valence-electron chi connectivity index (χ2n) is 7.70. The lowest BCUT2D eigenvalue weighted by atomic mass is 9.98. The zero-order valence-electron chi connectivity index (χ0n) is 17.0. The third-order valence-corrected chi connectivity index (χ3v) is 9.80. The van der Waals surface area contributed by atoms with Gasteiger partial charge in [-0.3, -0.25) is 4.79 Å². The van der Waals surface area contributed by atoms with Crippen LogP contribution in [0.5, 0.6) is 0 Å². The maximum Gasteiger partial charge on any atom is 0.243 e. The van der Waals surface area contributed by atoms with Gasteiger partial charge in [-0.1, -0.05) is 18.5 Å². The Hall–Kier alpha value is -1.20. The molecular formula is C19H28ClN3O5S2. The summed E-state index contributed by atoms with van der Waals surface area (Å²) in [5, 5.41) is 0.465. The van der Waals surface area contributed by atoms with E-state index in [1.807, 2.05) is 6.92 Å². The quantitative estimate of drug-likeness (QED) is 0.620. The molecular weight excluding hydrogens is 450 g/mol. The molecule has 8 nitrogen and oxygen atoms in total. The van der Waals surface area contributed by atoms with Gasteiger partial charge in [0.05, 0.1) is 16.6 Å². The Labute approximate surface area is 183 Å². The summed E-state index contributed by atoms with van der Waals surface area (Å²) in [6.07, 6.45) is 1.85. The Bertz CT molecular complexity index is 958. The van der Waals surface area contributed by atoms with Crippen molar-refractivity contribution >= 4 is 37.6 Å². The number of rotatable bonds is 6. The van der Waals surface area contributed by atoms with E-state index < -0.39 is 20.0 Å². The number of hydrogen-bond acceptors (Lipinski definition) is 5. The van der Waals surface area contributed by atoms with E-state index in [4.69, 9.17) is 11.6 Å². The lowest BCUT2D eigenvalue weighted by molar-refractivity contribution is -0.137. The van der Waals surface area contributed by atoms with Gasteiger partial charge in [0, 0.05) is 44.3 Å². The van der Waals surface area contributed by atoms with Crippen molar-refractivity contribution in [3.8, 4) is 0 Å². The molecule has 1 atom stereocenters. The molecule has 11 heteroatoms. The number of piperidine rings is 1. The molecule has 0 radical (unpaired) electrons. The fourth-order valence-corrected chi connectivity index (χ4v) is 7.08. The molecule has 0 spiro atoms. The standard InChI is InChI=1S/C19H28ClN3O5S2/c1-2-14-29(25,26)23-9-3-4-16(15-23)19(24)21-10-12-22(13-11-21)30(27,28)18-7-5-17(20)6-8-18/h5-8,16H,2-4,9-15H2,1H3. The van der Waals surface area contributed by atoms with Crippen molar-refractivity contribution in [2.45, 2.75) is 31.1 Å². The van der Waals surface area contributed by atoms with Gasteiger partial charge in [-0.15, -0.1) is 0 Å². The van der Waals surface area contributed by atoms with Crippen LogP contribution < -0.4 is 0 Å². The lowest BCUT2D eigenvalue weighted by Gasteiger charge is -2.38. The maximum absolute atomic E-state index is 13.0. The van der Waals surface area contributed by atoms with Crippen molar-refractivity contribution in [2.75, 3.05) is 45.0 Å². The first-order valence-electron chi connectivity index (χ1n) is 10.2. The highest BCUT2D eigenvalue weighted by Crippen LogP contribution is 2.24. The Morgan fingerprint density at radius 2 is 1.63 bits per heavy atom. The number of carbonyl (C=O) groups excluding carboxylic acids is 1. The van der Waals surface area contributed by atoms with Gasteiger partial charge in [0.1, 0.15) is 0 Å². The van der Waals surface area contributed by atoms with Crippen LogP contribution in [-0.2, 0) is 24.8 Å². The summed E-state index contributed by atoms with van der Waals surface area (Å²) < 4.78 is 53.1. The second kappa shape index (κ2) is 9.52. The van der Waals surface area contributed by atoms with Crippen LogP contribution in [0, 0.1) is 5.92 Å². The first-order chi connectivity index (χ1) is 14.1. The van der Waals surface area contributed by atoms with Gasteiger partial charge in [-0.25, -0.2) is 21.1 Å². The van der Waals surface area contributed by atoms with E-state index >= 15 is 0 Å². The molecule has 1 amide bonds. The van der Waals surface area contributed by atoms with Crippen molar-refractivity contribution < 1.29 is 21.6 Å². The fraction of sp³-hybridized carbons (Fsp3) is 0.632. The van der Waals surface area contributed by atoms with Crippen molar-refractivity contribution in [3.05, 3.63) is 29.3 Å². The van der Waals surface area contributed by atoms with Gasteiger partial charge in [0.25, 0.3) is 0 Å². The summed E-state index contributed by atoms with van der Waals surface area (Å²) in [5.74, 6) is -0.366. The summed E-state index contributed by atoms with van der Waals surface area (Å²) >= 11 is 5.84. The van der Waals surface area contributed by atoms with E-state index in [0.717, 1.165) is 0 Å². The minimum atomic E-state index is -3.64. The zero-order valence-corrected chi connectivity index (χ0v) is 19.4. The first kappa shape index (κ1) is 23.5. The Morgan fingerprint density at radius 1 is 1.00 bits per heavy atom. The Kier molecular flexibility index (Phi) is 7.44. The van der Waals surface area contributed by atoms with E-state index in [9.17, 15) is 21.6 Å². The molecule has 30 heavy (non-hydrogen) atoms. The predicted molar refractivity (Wildman–Crippen MR) is 115 cm³/mol. The van der Waals surface area contributed by atoms with Crippen LogP contribution in [0.4, 0.5) is 0 Å². The number of piperazine rings is 1. The van der Waals surface area contributed by atoms with Crippen molar-refractivity contribution in [1.82, 2.24) is 13.5 Å². The van der Waals surface area contributed by atoms with Crippen molar-refractivity contribution in [3.63, 3.8) is 0 Å². The zero-order chi connectivity index (χ0) is 21.9. The van der Waals surface area contributed by atoms with Gasteiger partial charge in [-0.05, 0) is 43.5 Å². The molecule has 2 aliphatic heterocycles. The van der Waals surface area contributed by atoms with E-state index in [0.29, 0.717) is 43.9 Å². The number of nitrogens with zero attached hydrogens (tertiary/aromatic N) is 3. The molecule has 2 heterocycles. The molecule has 2 aliphatic rings. The van der Waals surface area contributed by atoms with Crippen LogP contribution in [0.15, 0.2) is 29.2 Å². The molecule has 0 saturated carbocycles. The lowest BCUT2D eigenvalue weighted by Crippen LogP contribution is -2.54. The highest BCUT2D eigenvalue weighted by molar-refractivity contribution is 7.89. The largest absolute Gasteiger partial charge is 0.340 e. The van der Waals surface area contributed by atoms with Crippen molar-refractivity contribution in [1.29, 1.82) is 0 Å². The molecule has 0 aromatic heterocycles. The molecule has 0 aliphatic carbocycles. The van der Waals surface area contributed by atoms with Gasteiger partial charge >= 0.3 is 0 Å². The monoisotopic (exact) mass is 477 g/mol. The highest BCUT2D eigenvalue weighted by atomic mass is 35.5. The minimum absolute atomic E-state index is 0.0880. The predicted octanol–water partition coefficient (Wildman–Crippen LogP) is 1.62. The van der Waals surface area contributed by atoms with E-state index in [2.05, 4.69) is 0 Å². The summed E-state index contributed by atoms with van der Waals surface area (Å²) in [6.45, 7) is 3.50. The first-order valence-corrected chi connectivity index (χ1v) is 13.6.